The molecule has 26 heavy (non-hydrogen) atoms. The predicted molar refractivity (Wildman–Crippen MR) is 104 cm³/mol. The van der Waals surface area contributed by atoms with E-state index in [1.165, 1.54) is 6.07 Å². The van der Waals surface area contributed by atoms with Crippen molar-refractivity contribution in [2.45, 2.75) is 13.8 Å². The topological polar surface area (TPSA) is 57.5 Å². The lowest BCUT2D eigenvalue weighted by Crippen LogP contribution is -2.04. The van der Waals surface area contributed by atoms with Crippen molar-refractivity contribution >= 4 is 11.4 Å². The third kappa shape index (κ3) is 3.11. The molecule has 0 radical (unpaired) electrons. The molecule has 0 unspecified atom stereocenters. The van der Waals surface area contributed by atoms with Crippen molar-refractivity contribution in [1.82, 2.24) is 0 Å². The van der Waals surface area contributed by atoms with E-state index in [0.29, 0.717) is 16.7 Å². The summed E-state index contributed by atoms with van der Waals surface area (Å²) in [7, 11) is 0. The first-order valence-electron chi connectivity index (χ1n) is 8.31. The Labute approximate surface area is 152 Å². The molecule has 0 bridgehead atoms. The second kappa shape index (κ2) is 6.89. The molecule has 0 saturated carbocycles. The molecule has 0 atom stereocenters. The number of aromatic hydroxyl groups is 2. The predicted octanol–water partition coefficient (Wildman–Crippen LogP) is 5.01. The zero-order chi connectivity index (χ0) is 18.8. The van der Waals surface area contributed by atoms with Gasteiger partial charge in [-0.15, -0.1) is 0 Å². The van der Waals surface area contributed by atoms with E-state index in [9.17, 15) is 15.0 Å². The summed E-state index contributed by atoms with van der Waals surface area (Å²) in [5, 5.41) is 20.9. The average molecular weight is 344 g/mol. The van der Waals surface area contributed by atoms with Crippen LogP contribution in [0, 0.1) is 13.8 Å². The van der Waals surface area contributed by atoms with Gasteiger partial charge in [-0.2, -0.15) is 0 Å². The van der Waals surface area contributed by atoms with Crippen molar-refractivity contribution in [3.63, 3.8) is 0 Å². The third-order valence-electron chi connectivity index (χ3n) is 4.48. The maximum atomic E-state index is 12.9. The molecule has 3 heteroatoms. The summed E-state index contributed by atoms with van der Waals surface area (Å²) in [6, 6.07) is 18.1. The van der Waals surface area contributed by atoms with Gasteiger partial charge < -0.3 is 10.2 Å². The van der Waals surface area contributed by atoms with Crippen LogP contribution < -0.4 is 0 Å². The van der Waals surface area contributed by atoms with E-state index in [2.05, 4.69) is 6.58 Å². The normalized spacial score (nSPS) is 10.5. The van der Waals surface area contributed by atoms with Gasteiger partial charge in [-0.25, -0.2) is 0 Å². The van der Waals surface area contributed by atoms with Crippen LogP contribution >= 0.6 is 0 Å². The van der Waals surface area contributed by atoms with Gasteiger partial charge in [0.2, 0.25) is 0 Å². The van der Waals surface area contributed by atoms with Gasteiger partial charge in [-0.05, 0) is 37.1 Å². The van der Waals surface area contributed by atoms with Gasteiger partial charge in [0.05, 0.1) is 5.56 Å². The zero-order valence-electron chi connectivity index (χ0n) is 14.8. The Bertz CT molecular complexity index is 1000. The Hall–Kier alpha value is -3.33. The fourth-order valence-corrected chi connectivity index (χ4v) is 2.94. The molecule has 0 heterocycles. The first-order valence-corrected chi connectivity index (χ1v) is 8.31. The Morgan fingerprint density at radius 3 is 2.08 bits per heavy atom. The number of carbonyl (C=O) groups excluding carboxylic acids is 1. The minimum atomic E-state index is -0.295. The number of carbonyl (C=O) groups is 1. The van der Waals surface area contributed by atoms with E-state index in [-0.39, 0.29) is 28.4 Å². The first-order chi connectivity index (χ1) is 12.4. The van der Waals surface area contributed by atoms with Gasteiger partial charge in [0.1, 0.15) is 11.5 Å². The monoisotopic (exact) mass is 344 g/mol. The van der Waals surface area contributed by atoms with Crippen molar-refractivity contribution in [2.75, 3.05) is 0 Å². The van der Waals surface area contributed by atoms with Crippen LogP contribution in [0.2, 0.25) is 0 Å². The summed E-state index contributed by atoms with van der Waals surface area (Å²) in [5.41, 5.74) is 3.71. The Morgan fingerprint density at radius 1 is 0.808 bits per heavy atom. The number of benzene rings is 3. The highest BCUT2D eigenvalue weighted by Crippen LogP contribution is 2.39. The van der Waals surface area contributed by atoms with E-state index in [1.807, 2.05) is 43.3 Å². The number of hydrogen-bond donors (Lipinski definition) is 2. The molecule has 2 N–H and O–H groups in total. The highest BCUT2D eigenvalue weighted by atomic mass is 16.3. The number of phenols is 2. The van der Waals surface area contributed by atoms with Gasteiger partial charge in [0, 0.05) is 16.7 Å². The maximum Gasteiger partial charge on any atom is 0.196 e. The number of aryl methyl sites for hydroxylation is 1. The summed E-state index contributed by atoms with van der Waals surface area (Å²) >= 11 is 0. The Morgan fingerprint density at radius 2 is 1.42 bits per heavy atom. The molecule has 130 valence electrons. The van der Waals surface area contributed by atoms with Gasteiger partial charge in [0.15, 0.2) is 5.78 Å². The zero-order valence-corrected chi connectivity index (χ0v) is 14.8. The van der Waals surface area contributed by atoms with Crippen molar-refractivity contribution in [3.05, 3.63) is 101 Å². The summed E-state index contributed by atoms with van der Waals surface area (Å²) in [4.78, 5) is 12.9. The first kappa shape index (κ1) is 17.5. The highest BCUT2D eigenvalue weighted by Gasteiger charge is 2.21. The fraction of sp³-hybridized carbons (Fsp3) is 0.0870. The molecule has 3 nitrogen and oxygen atoms in total. The van der Waals surface area contributed by atoms with Gasteiger partial charge in [-0.3, -0.25) is 4.79 Å². The summed E-state index contributed by atoms with van der Waals surface area (Å²) in [6.45, 7) is 7.55. The average Bonchev–Trinajstić information content (AvgIpc) is 2.66. The Balaban J connectivity index is 2.14. The summed E-state index contributed by atoms with van der Waals surface area (Å²) in [6.07, 6.45) is 0. The van der Waals surface area contributed by atoms with Gasteiger partial charge >= 0.3 is 0 Å². The second-order valence-corrected chi connectivity index (χ2v) is 6.34. The van der Waals surface area contributed by atoms with Gasteiger partial charge in [-0.1, -0.05) is 60.7 Å². The van der Waals surface area contributed by atoms with E-state index < -0.39 is 0 Å². The Kier molecular flexibility index (Phi) is 4.63. The van der Waals surface area contributed by atoms with E-state index in [1.54, 1.807) is 25.1 Å². The van der Waals surface area contributed by atoms with Crippen LogP contribution in [-0.4, -0.2) is 16.0 Å². The molecular weight excluding hydrogens is 324 g/mol. The lowest BCUT2D eigenvalue weighted by Gasteiger charge is -2.15. The maximum absolute atomic E-state index is 12.9. The van der Waals surface area contributed by atoms with Crippen LogP contribution in [0.25, 0.3) is 5.57 Å². The lowest BCUT2D eigenvalue weighted by atomic mass is 9.91. The van der Waals surface area contributed by atoms with Crippen LogP contribution in [-0.2, 0) is 0 Å². The number of hydrogen-bond acceptors (Lipinski definition) is 3. The van der Waals surface area contributed by atoms with Crippen LogP contribution in [0.5, 0.6) is 11.5 Å². The standard InChI is InChI=1S/C23H20O3/c1-14-8-7-11-18(12-14)23(26)20-13-19(21(24)16(3)22(20)25)15(2)17-9-5-4-6-10-17/h4-13,24-25H,2H2,1,3H3. The van der Waals surface area contributed by atoms with Gasteiger partial charge in [0.25, 0.3) is 0 Å². The molecule has 0 fully saturated rings. The molecule has 0 aliphatic rings. The minimum Gasteiger partial charge on any atom is -0.507 e. The van der Waals surface area contributed by atoms with Crippen molar-refractivity contribution in [1.29, 1.82) is 0 Å². The molecule has 0 aromatic heterocycles. The smallest absolute Gasteiger partial charge is 0.196 e. The fourth-order valence-electron chi connectivity index (χ4n) is 2.94. The van der Waals surface area contributed by atoms with E-state index in [0.717, 1.165) is 11.1 Å². The summed E-state index contributed by atoms with van der Waals surface area (Å²) in [5.74, 6) is -0.577. The second-order valence-electron chi connectivity index (χ2n) is 6.34. The largest absolute Gasteiger partial charge is 0.507 e. The molecule has 3 aromatic rings. The highest BCUT2D eigenvalue weighted by molar-refractivity contribution is 6.11. The number of ketones is 1. The molecule has 3 aromatic carbocycles. The molecule has 0 aliphatic heterocycles. The van der Waals surface area contributed by atoms with Crippen molar-refractivity contribution < 1.29 is 15.0 Å². The molecular formula is C23H20O3. The SMILES string of the molecule is C=C(c1ccccc1)c1cc(C(=O)c2cccc(C)c2)c(O)c(C)c1O. The summed E-state index contributed by atoms with van der Waals surface area (Å²) < 4.78 is 0. The van der Waals surface area contributed by atoms with Crippen LogP contribution in [0.15, 0.2) is 67.2 Å². The number of phenolic OH excluding ortho intramolecular Hbond substituents is 2. The van der Waals surface area contributed by atoms with E-state index >= 15 is 0 Å². The molecule has 0 aliphatic carbocycles. The molecule has 3 rings (SSSR count). The number of rotatable bonds is 4. The quantitative estimate of drug-likeness (QED) is 0.654. The minimum absolute atomic E-state index is 0.0721. The molecule has 0 amide bonds. The van der Waals surface area contributed by atoms with Crippen LogP contribution in [0.3, 0.4) is 0 Å². The third-order valence-corrected chi connectivity index (χ3v) is 4.48. The van der Waals surface area contributed by atoms with Crippen LogP contribution in [0.1, 0.15) is 38.2 Å². The van der Waals surface area contributed by atoms with Crippen LogP contribution in [0.4, 0.5) is 0 Å². The molecule has 0 saturated heterocycles. The van der Waals surface area contributed by atoms with Crippen molar-refractivity contribution in [3.8, 4) is 11.5 Å². The molecule has 0 spiro atoms. The lowest BCUT2D eigenvalue weighted by molar-refractivity contribution is 0.103. The van der Waals surface area contributed by atoms with Crippen molar-refractivity contribution in [2.24, 2.45) is 0 Å². The van der Waals surface area contributed by atoms with E-state index in [4.69, 9.17) is 0 Å².